The third kappa shape index (κ3) is 7.01. The zero-order valence-corrected chi connectivity index (χ0v) is 38.2. The Morgan fingerprint density at radius 1 is 0.431 bits per heavy atom. The molecule has 0 heterocycles. The van der Waals surface area contributed by atoms with Crippen molar-refractivity contribution in [2.75, 3.05) is 4.90 Å². The van der Waals surface area contributed by atoms with Crippen molar-refractivity contribution in [2.45, 2.75) is 76.5 Å². The SMILES string of the molecule is CC(C)(C)c1ccc(-c2ccccc2N(c2ccccc2-c2cccc3c2-c2ccccc2C3(C)c2ccccc2)c2ccccc2-c2cccc3cccc(C4CCCCC4)c23)cc1. The van der Waals surface area contributed by atoms with Gasteiger partial charge in [-0.1, -0.05) is 228 Å². The first-order chi connectivity index (χ1) is 31.8. The van der Waals surface area contributed by atoms with Crippen molar-refractivity contribution in [3.05, 3.63) is 234 Å². The molecule has 1 nitrogen and oxygen atoms in total. The van der Waals surface area contributed by atoms with E-state index in [4.69, 9.17) is 0 Å². The quantitative estimate of drug-likeness (QED) is 0.147. The molecule has 1 fully saturated rings. The van der Waals surface area contributed by atoms with Crippen molar-refractivity contribution in [2.24, 2.45) is 0 Å². The van der Waals surface area contributed by atoms with Crippen LogP contribution in [0.5, 0.6) is 0 Å². The van der Waals surface area contributed by atoms with Gasteiger partial charge in [-0.2, -0.15) is 0 Å². The second-order valence-electron chi connectivity index (χ2n) is 19.6. The summed E-state index contributed by atoms with van der Waals surface area (Å²) in [7, 11) is 0. The minimum atomic E-state index is -0.305. The number of rotatable bonds is 8. The van der Waals surface area contributed by atoms with E-state index in [9.17, 15) is 0 Å². The van der Waals surface area contributed by atoms with Gasteiger partial charge in [0.1, 0.15) is 0 Å². The summed E-state index contributed by atoms with van der Waals surface area (Å²) < 4.78 is 0. The molecule has 0 spiro atoms. The van der Waals surface area contributed by atoms with Crippen molar-refractivity contribution < 1.29 is 0 Å². The maximum Gasteiger partial charge on any atom is 0.0540 e. The molecule has 9 aromatic carbocycles. The van der Waals surface area contributed by atoms with Crippen molar-refractivity contribution >= 4 is 27.8 Å². The molecule has 65 heavy (non-hydrogen) atoms. The van der Waals surface area contributed by atoms with Crippen molar-refractivity contribution in [1.29, 1.82) is 0 Å². The van der Waals surface area contributed by atoms with Gasteiger partial charge in [-0.25, -0.2) is 0 Å². The minimum Gasteiger partial charge on any atom is -0.309 e. The molecule has 2 aliphatic rings. The summed E-state index contributed by atoms with van der Waals surface area (Å²) in [6.45, 7) is 9.29. The lowest BCUT2D eigenvalue weighted by atomic mass is 9.74. The molecule has 0 bridgehead atoms. The van der Waals surface area contributed by atoms with Crippen molar-refractivity contribution in [3.8, 4) is 44.5 Å². The van der Waals surface area contributed by atoms with E-state index < -0.39 is 0 Å². The number of benzene rings is 9. The third-order valence-corrected chi connectivity index (χ3v) is 14.7. The normalized spacial score (nSPS) is 16.0. The molecule has 2 aliphatic carbocycles. The molecule has 0 aromatic heterocycles. The molecule has 1 heteroatoms. The van der Waals surface area contributed by atoms with Gasteiger partial charge >= 0.3 is 0 Å². The molecule has 11 rings (SSSR count). The van der Waals surface area contributed by atoms with Gasteiger partial charge < -0.3 is 4.90 Å². The lowest BCUT2D eigenvalue weighted by Gasteiger charge is -2.32. The summed E-state index contributed by atoms with van der Waals surface area (Å²) in [6.07, 6.45) is 6.45. The number of para-hydroxylation sites is 3. The van der Waals surface area contributed by atoms with E-state index in [1.165, 1.54) is 115 Å². The Morgan fingerprint density at radius 3 is 1.62 bits per heavy atom. The molecule has 0 radical (unpaired) electrons. The Balaban J connectivity index is 1.18. The van der Waals surface area contributed by atoms with Crippen LogP contribution in [0.25, 0.3) is 55.3 Å². The van der Waals surface area contributed by atoms with Crippen LogP contribution in [-0.2, 0) is 10.8 Å². The fraction of sp³-hybridized carbons (Fsp3) is 0.188. The minimum absolute atomic E-state index is 0.0576. The van der Waals surface area contributed by atoms with E-state index in [1.54, 1.807) is 0 Å². The van der Waals surface area contributed by atoms with Gasteiger partial charge in [-0.3, -0.25) is 0 Å². The zero-order chi connectivity index (χ0) is 44.1. The van der Waals surface area contributed by atoms with Gasteiger partial charge in [-0.15, -0.1) is 0 Å². The van der Waals surface area contributed by atoms with Gasteiger partial charge in [0.15, 0.2) is 0 Å². The number of anilines is 3. The predicted molar refractivity (Wildman–Crippen MR) is 277 cm³/mol. The van der Waals surface area contributed by atoms with Crippen LogP contribution in [0.1, 0.15) is 93.5 Å². The van der Waals surface area contributed by atoms with Gasteiger partial charge in [0.2, 0.25) is 0 Å². The van der Waals surface area contributed by atoms with Crippen molar-refractivity contribution in [1.82, 2.24) is 0 Å². The fourth-order valence-electron chi connectivity index (χ4n) is 11.4. The highest BCUT2D eigenvalue weighted by Crippen LogP contribution is 2.57. The van der Waals surface area contributed by atoms with Crippen LogP contribution in [0.2, 0.25) is 0 Å². The van der Waals surface area contributed by atoms with Crippen LogP contribution in [0.15, 0.2) is 206 Å². The molecule has 0 aliphatic heterocycles. The molecule has 0 amide bonds. The van der Waals surface area contributed by atoms with E-state index in [0.717, 1.165) is 17.1 Å². The largest absolute Gasteiger partial charge is 0.309 e. The predicted octanol–water partition coefficient (Wildman–Crippen LogP) is 18.0. The second-order valence-corrected chi connectivity index (χ2v) is 19.6. The molecular formula is C64H57N. The van der Waals surface area contributed by atoms with Crippen LogP contribution in [0.3, 0.4) is 0 Å². The Kier molecular flexibility index (Phi) is 10.4. The zero-order valence-electron chi connectivity index (χ0n) is 38.2. The Hall–Kier alpha value is -6.96. The van der Waals surface area contributed by atoms with Gasteiger partial charge in [0, 0.05) is 22.1 Å². The van der Waals surface area contributed by atoms with Crippen LogP contribution in [0.4, 0.5) is 17.1 Å². The maximum atomic E-state index is 2.58. The highest BCUT2D eigenvalue weighted by atomic mass is 15.1. The summed E-state index contributed by atoms with van der Waals surface area (Å²) >= 11 is 0. The summed E-state index contributed by atoms with van der Waals surface area (Å²) in [5.74, 6) is 0.569. The summed E-state index contributed by atoms with van der Waals surface area (Å²) in [5, 5.41) is 2.71. The summed E-state index contributed by atoms with van der Waals surface area (Å²) in [5.41, 5.74) is 20.0. The lowest BCUT2D eigenvalue weighted by Crippen LogP contribution is -2.22. The Bertz CT molecular complexity index is 3170. The number of hydrogen-bond donors (Lipinski definition) is 0. The first kappa shape index (κ1) is 40.8. The molecule has 0 saturated heterocycles. The lowest BCUT2D eigenvalue weighted by molar-refractivity contribution is 0.445. The van der Waals surface area contributed by atoms with Gasteiger partial charge in [0.25, 0.3) is 0 Å². The molecule has 318 valence electrons. The monoisotopic (exact) mass is 839 g/mol. The van der Waals surface area contributed by atoms with Crippen molar-refractivity contribution in [3.63, 3.8) is 0 Å². The molecule has 1 atom stereocenters. The molecule has 0 N–H and O–H groups in total. The highest BCUT2D eigenvalue weighted by molar-refractivity contribution is 6.06. The van der Waals surface area contributed by atoms with E-state index in [-0.39, 0.29) is 10.8 Å². The molecule has 1 unspecified atom stereocenters. The summed E-state index contributed by atoms with van der Waals surface area (Å²) in [4.78, 5) is 2.58. The third-order valence-electron chi connectivity index (χ3n) is 14.7. The first-order valence-electron chi connectivity index (χ1n) is 23.8. The second kappa shape index (κ2) is 16.5. The van der Waals surface area contributed by atoms with Crippen LogP contribution >= 0.6 is 0 Å². The number of nitrogens with zero attached hydrogens (tertiary/aromatic N) is 1. The van der Waals surface area contributed by atoms with E-state index in [2.05, 4.69) is 239 Å². The molecular weight excluding hydrogens is 783 g/mol. The number of hydrogen-bond acceptors (Lipinski definition) is 1. The summed E-state index contributed by atoms with van der Waals surface area (Å²) in [6, 6.07) is 77.7. The smallest absolute Gasteiger partial charge is 0.0540 e. The van der Waals surface area contributed by atoms with Gasteiger partial charge in [0.05, 0.1) is 17.1 Å². The maximum absolute atomic E-state index is 2.58. The fourth-order valence-corrected chi connectivity index (χ4v) is 11.4. The average Bonchev–Trinajstić information content (AvgIpc) is 3.63. The van der Waals surface area contributed by atoms with Crippen LogP contribution in [-0.4, -0.2) is 0 Å². The van der Waals surface area contributed by atoms with Crippen LogP contribution in [0, 0.1) is 0 Å². The van der Waals surface area contributed by atoms with E-state index in [0.29, 0.717) is 5.92 Å². The highest BCUT2D eigenvalue weighted by Gasteiger charge is 2.42. The Labute approximate surface area is 386 Å². The first-order valence-corrected chi connectivity index (χ1v) is 23.8. The molecule has 1 saturated carbocycles. The topological polar surface area (TPSA) is 3.24 Å². The average molecular weight is 840 g/mol. The van der Waals surface area contributed by atoms with Gasteiger partial charge in [-0.05, 0) is 116 Å². The standard InChI is InChI=1S/C64H57N/c1-63(2,3)47-42-40-45(41-43-47)49-28-12-16-37-58(49)65(59-38-17-13-29-51(59)53-33-20-25-46-24-19-32-50(61(46)53)44-22-7-5-8-23-44)60-39-18-14-30-52(60)54-34-21-36-57-62(54)55-31-11-15-35-56(55)64(57,4)48-26-9-6-10-27-48/h6,9-21,24-44H,5,7-8,22-23H2,1-4H3. The van der Waals surface area contributed by atoms with E-state index in [1.807, 2.05) is 0 Å². The van der Waals surface area contributed by atoms with Crippen LogP contribution < -0.4 is 4.90 Å². The Morgan fingerprint density at radius 2 is 0.938 bits per heavy atom. The number of fused-ring (bicyclic) bond motifs is 4. The van der Waals surface area contributed by atoms with E-state index >= 15 is 0 Å². The molecule has 9 aromatic rings.